The summed E-state index contributed by atoms with van der Waals surface area (Å²) < 4.78 is 39.6. The zero-order valence-corrected chi connectivity index (χ0v) is 20.3. The van der Waals surface area contributed by atoms with Gasteiger partial charge in [-0.15, -0.1) is 0 Å². The normalized spacial score (nSPS) is 17.2. The van der Waals surface area contributed by atoms with Crippen LogP contribution in [0, 0.1) is 0 Å². The average Bonchev–Trinajstić information content (AvgIpc) is 3.19. The monoisotopic (exact) mass is 502 g/mol. The van der Waals surface area contributed by atoms with Crippen molar-refractivity contribution in [3.8, 4) is 11.5 Å². The van der Waals surface area contributed by atoms with E-state index in [2.05, 4.69) is 31.6 Å². The van der Waals surface area contributed by atoms with Gasteiger partial charge in [-0.05, 0) is 61.5 Å². The molecule has 2 aromatic carbocycles. The summed E-state index contributed by atoms with van der Waals surface area (Å²) in [5, 5.41) is 0.959. The summed E-state index contributed by atoms with van der Waals surface area (Å²) in [4.78, 5) is 9.16. The summed E-state index contributed by atoms with van der Waals surface area (Å²) in [5.41, 5.74) is 1.69. The molecule has 0 aliphatic carbocycles. The number of fused-ring (bicyclic) bond motifs is 2. The van der Waals surface area contributed by atoms with Crippen LogP contribution in [0.3, 0.4) is 0 Å². The lowest BCUT2D eigenvalue weighted by molar-refractivity contribution is 0.174. The fraction of sp³-hybridized carbons (Fsp3) is 0.375. The van der Waals surface area contributed by atoms with Gasteiger partial charge in [0.2, 0.25) is 16.8 Å². The Balaban J connectivity index is 1.15. The molecule has 34 heavy (non-hydrogen) atoms. The molecule has 1 saturated heterocycles. The van der Waals surface area contributed by atoms with Gasteiger partial charge in [0.15, 0.2) is 11.5 Å². The number of nitrogens with zero attached hydrogens (tertiary/aromatic N) is 3. The van der Waals surface area contributed by atoms with E-state index < -0.39 is 10.0 Å². The number of aromatic nitrogens is 1. The van der Waals surface area contributed by atoms with Crippen LogP contribution in [-0.4, -0.2) is 69.3 Å². The van der Waals surface area contributed by atoms with E-state index in [-0.39, 0.29) is 11.7 Å². The van der Waals surface area contributed by atoms with Gasteiger partial charge < -0.3 is 14.4 Å². The van der Waals surface area contributed by atoms with Crippen LogP contribution in [0.1, 0.15) is 12.0 Å². The molecule has 0 saturated carbocycles. The highest BCUT2D eigenvalue weighted by molar-refractivity contribution is 7.89. The Morgan fingerprint density at radius 3 is 2.74 bits per heavy atom. The van der Waals surface area contributed by atoms with E-state index in [0.717, 1.165) is 50.6 Å². The van der Waals surface area contributed by atoms with Crippen molar-refractivity contribution in [1.29, 1.82) is 0 Å². The molecule has 10 heteroatoms. The molecule has 2 aliphatic heterocycles. The first-order valence-electron chi connectivity index (χ1n) is 11.4. The molecule has 1 fully saturated rings. The minimum Gasteiger partial charge on any atom is -0.454 e. The van der Waals surface area contributed by atoms with Gasteiger partial charge in [0, 0.05) is 44.3 Å². The second-order valence-corrected chi connectivity index (χ2v) is 10.6. The smallest absolute Gasteiger partial charge is 0.241 e. The molecule has 0 unspecified atom stereocenters. The number of sulfonamides is 1. The third-order valence-corrected chi connectivity index (χ3v) is 8.04. The highest BCUT2D eigenvalue weighted by Crippen LogP contribution is 2.33. The zero-order valence-electron chi connectivity index (χ0n) is 18.7. The maximum absolute atomic E-state index is 13.0. The van der Waals surface area contributed by atoms with E-state index in [1.54, 1.807) is 24.4 Å². The van der Waals surface area contributed by atoms with Gasteiger partial charge >= 0.3 is 0 Å². The highest BCUT2D eigenvalue weighted by Gasteiger charge is 2.21. The number of rotatable bonds is 7. The maximum atomic E-state index is 13.0. The first-order chi connectivity index (χ1) is 16.5. The lowest BCUT2D eigenvalue weighted by Gasteiger charge is -2.22. The number of benzene rings is 2. The molecule has 0 radical (unpaired) electrons. The lowest BCUT2D eigenvalue weighted by atomic mass is 10.2. The van der Waals surface area contributed by atoms with Gasteiger partial charge in [-0.1, -0.05) is 17.7 Å². The van der Waals surface area contributed by atoms with Gasteiger partial charge in [0.1, 0.15) is 0 Å². The van der Waals surface area contributed by atoms with Crippen LogP contribution in [0.5, 0.6) is 11.5 Å². The number of halogens is 1. The van der Waals surface area contributed by atoms with E-state index in [4.69, 9.17) is 21.1 Å². The Bertz CT molecular complexity index is 1290. The summed E-state index contributed by atoms with van der Waals surface area (Å²) in [5.74, 6) is 1.61. The van der Waals surface area contributed by atoms with Crippen molar-refractivity contribution in [2.75, 3.05) is 46.1 Å². The quantitative estimate of drug-likeness (QED) is 0.531. The van der Waals surface area contributed by atoms with Gasteiger partial charge in [0.25, 0.3) is 0 Å². The molecule has 1 aromatic heterocycles. The summed E-state index contributed by atoms with van der Waals surface area (Å²) in [6.07, 6.45) is 2.64. The lowest BCUT2D eigenvalue weighted by Crippen LogP contribution is -2.37. The molecule has 0 spiro atoms. The van der Waals surface area contributed by atoms with Crippen LogP contribution in [0.4, 0.5) is 0 Å². The van der Waals surface area contributed by atoms with E-state index in [0.29, 0.717) is 29.0 Å². The average molecular weight is 503 g/mol. The molecule has 1 N–H and O–H groups in total. The van der Waals surface area contributed by atoms with E-state index in [9.17, 15) is 8.42 Å². The van der Waals surface area contributed by atoms with E-state index >= 15 is 0 Å². The maximum Gasteiger partial charge on any atom is 0.241 e. The molecular formula is C24H27ClN4O4S. The number of pyridine rings is 1. The van der Waals surface area contributed by atoms with E-state index in [1.165, 1.54) is 11.6 Å². The van der Waals surface area contributed by atoms with Crippen LogP contribution >= 0.6 is 11.6 Å². The largest absolute Gasteiger partial charge is 0.454 e. The molecule has 2 aliphatic rings. The van der Waals surface area contributed by atoms with Crippen molar-refractivity contribution in [2.24, 2.45) is 0 Å². The fourth-order valence-electron chi connectivity index (χ4n) is 4.47. The molecule has 180 valence electrons. The van der Waals surface area contributed by atoms with Gasteiger partial charge in [0.05, 0.1) is 15.4 Å². The molecule has 0 atom stereocenters. The van der Waals surface area contributed by atoms with Crippen LogP contribution in [0.2, 0.25) is 5.02 Å². The van der Waals surface area contributed by atoms with Crippen molar-refractivity contribution < 1.29 is 17.9 Å². The van der Waals surface area contributed by atoms with Crippen LogP contribution < -0.4 is 14.2 Å². The van der Waals surface area contributed by atoms with Crippen molar-refractivity contribution in [1.82, 2.24) is 19.5 Å². The number of nitrogens with one attached hydrogen (secondary N) is 1. The number of hydrogen-bond acceptors (Lipinski definition) is 7. The van der Waals surface area contributed by atoms with Crippen molar-refractivity contribution in [2.45, 2.75) is 17.9 Å². The predicted octanol–water partition coefficient (Wildman–Crippen LogP) is 3.10. The van der Waals surface area contributed by atoms with Crippen molar-refractivity contribution in [3.05, 3.63) is 59.2 Å². The highest BCUT2D eigenvalue weighted by atomic mass is 35.5. The molecular weight excluding hydrogens is 476 g/mol. The molecule has 8 nitrogen and oxygen atoms in total. The minimum absolute atomic E-state index is 0.200. The van der Waals surface area contributed by atoms with Crippen LogP contribution in [-0.2, 0) is 16.6 Å². The van der Waals surface area contributed by atoms with Crippen molar-refractivity contribution in [3.63, 3.8) is 0 Å². The van der Waals surface area contributed by atoms with Crippen LogP contribution in [0.25, 0.3) is 10.9 Å². The molecule has 3 heterocycles. The Morgan fingerprint density at radius 1 is 1.00 bits per heavy atom. The van der Waals surface area contributed by atoms with Crippen LogP contribution in [0.15, 0.2) is 53.6 Å². The Kier molecular flexibility index (Phi) is 6.89. The summed E-state index contributed by atoms with van der Waals surface area (Å²) in [6.45, 7) is 5.89. The molecule has 5 rings (SSSR count). The fourth-order valence-corrected chi connectivity index (χ4v) is 5.90. The first kappa shape index (κ1) is 23.3. The molecule has 0 bridgehead atoms. The summed E-state index contributed by atoms with van der Waals surface area (Å²) >= 11 is 6.19. The third kappa shape index (κ3) is 5.13. The second-order valence-electron chi connectivity index (χ2n) is 8.50. The minimum atomic E-state index is -3.68. The standard InChI is InChI=1S/C24H27ClN4O4S/c25-20-5-7-23(19-3-1-8-26-24(19)20)34(30,31)27-9-12-28-10-2-11-29(14-13-28)16-18-4-6-21-22(15-18)33-17-32-21/h1,3-8,15,27H,2,9-14,16-17H2. The Hall–Kier alpha value is -2.43. The van der Waals surface area contributed by atoms with Gasteiger partial charge in [-0.25, -0.2) is 13.1 Å². The number of hydrogen-bond donors (Lipinski definition) is 1. The predicted molar refractivity (Wildman–Crippen MR) is 131 cm³/mol. The Morgan fingerprint density at radius 2 is 1.82 bits per heavy atom. The number of ether oxygens (including phenoxy) is 2. The topological polar surface area (TPSA) is 84.0 Å². The Labute approximate surface area is 204 Å². The van der Waals surface area contributed by atoms with E-state index in [1.807, 2.05) is 6.07 Å². The molecule has 0 amide bonds. The molecule has 3 aromatic rings. The zero-order chi connectivity index (χ0) is 23.5. The second kappa shape index (κ2) is 10.1. The van der Waals surface area contributed by atoms with Gasteiger partial charge in [-0.2, -0.15) is 0 Å². The summed E-state index contributed by atoms with van der Waals surface area (Å²) in [7, 11) is -3.68. The summed E-state index contributed by atoms with van der Waals surface area (Å²) in [6, 6.07) is 12.7. The first-order valence-corrected chi connectivity index (χ1v) is 13.2. The third-order valence-electron chi connectivity index (χ3n) is 6.21. The van der Waals surface area contributed by atoms with Gasteiger partial charge in [-0.3, -0.25) is 9.88 Å². The SMILES string of the molecule is O=S(=O)(NCCN1CCCN(Cc2ccc3c(c2)OCO3)CC1)c1ccc(Cl)c2ncccc12. The van der Waals surface area contributed by atoms with Crippen molar-refractivity contribution >= 4 is 32.5 Å².